The number of hydrogen-bond acceptors (Lipinski definition) is 6. The van der Waals surface area contributed by atoms with Crippen LogP contribution in [0.2, 0.25) is 0 Å². The van der Waals surface area contributed by atoms with Crippen molar-refractivity contribution in [2.75, 3.05) is 31.1 Å². The van der Waals surface area contributed by atoms with Crippen LogP contribution < -0.4 is 10.5 Å². The van der Waals surface area contributed by atoms with Gasteiger partial charge in [0.05, 0.1) is 6.54 Å². The van der Waals surface area contributed by atoms with E-state index in [1.54, 1.807) is 16.8 Å². The normalized spacial score (nSPS) is 15.1. The Morgan fingerprint density at radius 2 is 1.62 bits per heavy atom. The molecule has 204 valence electrons. The smallest absolute Gasteiger partial charge is 0.253 e. The molecule has 1 saturated heterocycles. The second-order valence-electron chi connectivity index (χ2n) is 10.7. The fraction of sp³-hybridized carbons (Fsp3) is 0.290. The maximum absolute atomic E-state index is 13.6. The highest BCUT2D eigenvalue weighted by Crippen LogP contribution is 2.30. The average molecular weight is 538 g/mol. The summed E-state index contributed by atoms with van der Waals surface area (Å²) in [6.07, 6.45) is 0. The molecule has 5 aromatic rings. The number of tetrazole rings is 1. The quantitative estimate of drug-likeness (QED) is 0.343. The second kappa shape index (κ2) is 10.7. The second-order valence-corrected chi connectivity index (χ2v) is 10.7. The molecule has 1 fully saturated rings. The van der Waals surface area contributed by atoms with Gasteiger partial charge in [-0.25, -0.2) is 9.07 Å². The van der Waals surface area contributed by atoms with Crippen LogP contribution in [0.25, 0.3) is 10.9 Å². The van der Waals surface area contributed by atoms with Crippen molar-refractivity contribution in [1.29, 1.82) is 0 Å². The SMILES string of the molecule is Cc1ccc(C)c(N2CCN(C(c3cc4ccc(C)cc4[nH]c3=O)c3nnnn3Cc3ccc(F)cc3)CC2)c1. The summed E-state index contributed by atoms with van der Waals surface area (Å²) >= 11 is 0. The number of pyridine rings is 1. The fourth-order valence-electron chi connectivity index (χ4n) is 5.60. The predicted octanol–water partition coefficient (Wildman–Crippen LogP) is 4.54. The summed E-state index contributed by atoms with van der Waals surface area (Å²) in [5.41, 5.74) is 6.94. The number of halogens is 1. The van der Waals surface area contributed by atoms with E-state index in [1.165, 1.54) is 28.9 Å². The summed E-state index contributed by atoms with van der Waals surface area (Å²) in [7, 11) is 0. The van der Waals surface area contributed by atoms with Gasteiger partial charge < -0.3 is 9.88 Å². The van der Waals surface area contributed by atoms with Gasteiger partial charge in [-0.15, -0.1) is 5.10 Å². The molecule has 6 rings (SSSR count). The van der Waals surface area contributed by atoms with Gasteiger partial charge in [0.25, 0.3) is 5.56 Å². The van der Waals surface area contributed by atoms with E-state index < -0.39 is 6.04 Å². The third kappa shape index (κ3) is 5.12. The molecular weight excluding hydrogens is 505 g/mol. The third-order valence-corrected chi connectivity index (χ3v) is 7.76. The van der Waals surface area contributed by atoms with Gasteiger partial charge in [0.2, 0.25) is 0 Å². The van der Waals surface area contributed by atoms with Crippen molar-refractivity contribution in [3.05, 3.63) is 117 Å². The number of nitrogens with one attached hydrogen (secondary N) is 1. The zero-order chi connectivity index (χ0) is 27.8. The van der Waals surface area contributed by atoms with Crippen molar-refractivity contribution in [3.8, 4) is 0 Å². The molecule has 1 N–H and O–H groups in total. The van der Waals surface area contributed by atoms with Crippen LogP contribution in [0.5, 0.6) is 0 Å². The van der Waals surface area contributed by atoms with Gasteiger partial charge in [0, 0.05) is 42.9 Å². The van der Waals surface area contributed by atoms with E-state index in [0.29, 0.717) is 17.9 Å². The lowest BCUT2D eigenvalue weighted by atomic mass is 10.0. The molecule has 0 saturated carbocycles. The Balaban J connectivity index is 1.38. The van der Waals surface area contributed by atoms with Crippen LogP contribution in [-0.2, 0) is 6.54 Å². The molecule has 2 aromatic heterocycles. The first-order valence-corrected chi connectivity index (χ1v) is 13.6. The largest absolute Gasteiger partial charge is 0.369 e. The van der Waals surface area contributed by atoms with Crippen molar-refractivity contribution < 1.29 is 4.39 Å². The highest BCUT2D eigenvalue weighted by molar-refractivity contribution is 5.79. The molecular formula is C31H32FN7O. The van der Waals surface area contributed by atoms with E-state index in [0.717, 1.165) is 48.2 Å². The summed E-state index contributed by atoms with van der Waals surface area (Å²) in [5, 5.41) is 13.7. The number of H-pyrrole nitrogens is 1. The zero-order valence-corrected chi connectivity index (χ0v) is 22.9. The van der Waals surface area contributed by atoms with Gasteiger partial charge in [-0.2, -0.15) is 0 Å². The zero-order valence-electron chi connectivity index (χ0n) is 22.9. The first-order chi connectivity index (χ1) is 19.4. The monoisotopic (exact) mass is 537 g/mol. The van der Waals surface area contributed by atoms with Crippen LogP contribution in [0.1, 0.15) is 39.7 Å². The number of hydrogen-bond donors (Lipinski definition) is 1. The van der Waals surface area contributed by atoms with Gasteiger partial charge in [-0.05, 0) is 89.2 Å². The van der Waals surface area contributed by atoms with Crippen molar-refractivity contribution >= 4 is 16.6 Å². The molecule has 1 aliphatic heterocycles. The summed E-state index contributed by atoms with van der Waals surface area (Å²) in [4.78, 5) is 21.4. The average Bonchev–Trinajstić information content (AvgIpc) is 3.40. The highest BCUT2D eigenvalue weighted by Gasteiger charge is 2.33. The van der Waals surface area contributed by atoms with Crippen LogP contribution in [0.4, 0.5) is 10.1 Å². The van der Waals surface area contributed by atoms with E-state index in [4.69, 9.17) is 0 Å². The first kappa shape index (κ1) is 25.9. The van der Waals surface area contributed by atoms with Crippen LogP contribution in [0.3, 0.4) is 0 Å². The van der Waals surface area contributed by atoms with Gasteiger partial charge in [-0.3, -0.25) is 9.69 Å². The third-order valence-electron chi connectivity index (χ3n) is 7.76. The van der Waals surface area contributed by atoms with Gasteiger partial charge in [0.15, 0.2) is 5.82 Å². The maximum Gasteiger partial charge on any atom is 0.253 e. The Hall–Kier alpha value is -4.37. The van der Waals surface area contributed by atoms with E-state index in [-0.39, 0.29) is 11.4 Å². The summed E-state index contributed by atoms with van der Waals surface area (Å²) in [5.74, 6) is 0.291. The highest BCUT2D eigenvalue weighted by atomic mass is 19.1. The number of rotatable bonds is 6. The molecule has 8 nitrogen and oxygen atoms in total. The molecule has 0 amide bonds. The molecule has 0 aliphatic carbocycles. The molecule has 1 aliphatic rings. The van der Waals surface area contributed by atoms with E-state index >= 15 is 0 Å². The lowest BCUT2D eigenvalue weighted by Crippen LogP contribution is -2.49. The van der Waals surface area contributed by atoms with Crippen molar-refractivity contribution in [2.24, 2.45) is 0 Å². The maximum atomic E-state index is 13.6. The molecule has 3 heterocycles. The van der Waals surface area contributed by atoms with Crippen LogP contribution in [-0.4, -0.2) is 56.3 Å². The van der Waals surface area contributed by atoms with Crippen LogP contribution in [0.15, 0.2) is 71.5 Å². The molecule has 3 aromatic carbocycles. The number of aromatic amines is 1. The van der Waals surface area contributed by atoms with E-state index in [2.05, 4.69) is 62.4 Å². The minimum atomic E-state index is -0.453. The van der Waals surface area contributed by atoms with Crippen molar-refractivity contribution in [2.45, 2.75) is 33.4 Å². The lowest BCUT2D eigenvalue weighted by Gasteiger charge is -2.40. The summed E-state index contributed by atoms with van der Waals surface area (Å²) in [6, 6.07) is 20.4. The number of aromatic nitrogens is 5. The van der Waals surface area contributed by atoms with Crippen molar-refractivity contribution in [1.82, 2.24) is 30.1 Å². The van der Waals surface area contributed by atoms with Crippen molar-refractivity contribution in [3.63, 3.8) is 0 Å². The Morgan fingerprint density at radius 3 is 2.40 bits per heavy atom. The number of benzene rings is 3. The minimum Gasteiger partial charge on any atom is -0.369 e. The number of fused-ring (bicyclic) bond motifs is 1. The summed E-state index contributed by atoms with van der Waals surface area (Å²) in [6.45, 7) is 9.71. The molecule has 9 heteroatoms. The van der Waals surface area contributed by atoms with Crippen LogP contribution in [0, 0.1) is 26.6 Å². The van der Waals surface area contributed by atoms with Gasteiger partial charge >= 0.3 is 0 Å². The molecule has 1 atom stereocenters. The molecule has 0 spiro atoms. The van der Waals surface area contributed by atoms with Gasteiger partial charge in [0.1, 0.15) is 11.9 Å². The van der Waals surface area contributed by atoms with Crippen LogP contribution >= 0.6 is 0 Å². The Morgan fingerprint density at radius 1 is 0.900 bits per heavy atom. The lowest BCUT2D eigenvalue weighted by molar-refractivity contribution is 0.200. The van der Waals surface area contributed by atoms with E-state index in [1.807, 2.05) is 31.2 Å². The topological polar surface area (TPSA) is 82.9 Å². The predicted molar refractivity (Wildman–Crippen MR) is 154 cm³/mol. The first-order valence-electron chi connectivity index (χ1n) is 13.6. The summed E-state index contributed by atoms with van der Waals surface area (Å²) < 4.78 is 15.3. The number of anilines is 1. The Bertz CT molecular complexity index is 1720. The number of aryl methyl sites for hydroxylation is 3. The minimum absolute atomic E-state index is 0.156. The van der Waals surface area contributed by atoms with Gasteiger partial charge in [-0.1, -0.05) is 36.4 Å². The number of nitrogens with zero attached hydrogens (tertiary/aromatic N) is 6. The molecule has 0 bridgehead atoms. The molecule has 40 heavy (non-hydrogen) atoms. The fourth-order valence-corrected chi connectivity index (χ4v) is 5.60. The number of piperazine rings is 1. The Labute approximate surface area is 232 Å². The standard InChI is InChI=1S/C31H32FN7O/c1-20-5-9-24-18-26(31(40)33-27(24)16-20)29(30-34-35-36-39(30)19-23-7-10-25(32)11-8-23)38-14-12-37(13-15-38)28-17-21(2)4-6-22(28)3/h4-11,16-18,29H,12-15,19H2,1-3H3,(H,33,40). The van der Waals surface area contributed by atoms with E-state index in [9.17, 15) is 9.18 Å². The Kier molecular flexibility index (Phi) is 6.89. The molecule has 0 radical (unpaired) electrons. The molecule has 1 unspecified atom stereocenters.